The van der Waals surface area contributed by atoms with Crippen LogP contribution in [0.5, 0.6) is 5.75 Å². The Morgan fingerprint density at radius 3 is 2.92 bits per heavy atom. The summed E-state index contributed by atoms with van der Waals surface area (Å²) in [7, 11) is 1.73. The van der Waals surface area contributed by atoms with Gasteiger partial charge in [-0.3, -0.25) is 10.00 Å². The van der Waals surface area contributed by atoms with Gasteiger partial charge in [0.15, 0.2) is 0 Å². The van der Waals surface area contributed by atoms with Crippen molar-refractivity contribution >= 4 is 0 Å². The van der Waals surface area contributed by atoms with Crippen molar-refractivity contribution in [3.05, 3.63) is 46.8 Å². The predicted molar refractivity (Wildman–Crippen MR) is 102 cm³/mol. The highest BCUT2D eigenvalue weighted by molar-refractivity contribution is 5.36. The van der Waals surface area contributed by atoms with Crippen LogP contribution in [-0.4, -0.2) is 35.3 Å². The molecule has 3 rings (SSSR count). The van der Waals surface area contributed by atoms with Gasteiger partial charge < -0.3 is 4.74 Å². The van der Waals surface area contributed by atoms with Gasteiger partial charge in [-0.2, -0.15) is 5.10 Å². The van der Waals surface area contributed by atoms with E-state index in [0.29, 0.717) is 11.8 Å². The SMILES string of the molecule is COc1ccc(CN2CCCC(c3[nH]ncc3CC(C)C)C2)cc1C. The third-order valence-electron chi connectivity index (χ3n) is 5.16. The van der Waals surface area contributed by atoms with E-state index >= 15 is 0 Å². The van der Waals surface area contributed by atoms with Gasteiger partial charge in [0.1, 0.15) is 5.75 Å². The highest BCUT2D eigenvalue weighted by atomic mass is 16.5. The molecule has 1 fully saturated rings. The van der Waals surface area contributed by atoms with Crippen LogP contribution in [0.2, 0.25) is 0 Å². The van der Waals surface area contributed by atoms with Crippen molar-refractivity contribution in [2.24, 2.45) is 5.92 Å². The number of hydrogen-bond donors (Lipinski definition) is 1. The van der Waals surface area contributed by atoms with Gasteiger partial charge in [0.05, 0.1) is 13.3 Å². The molecule has 0 spiro atoms. The first-order valence-corrected chi connectivity index (χ1v) is 9.44. The summed E-state index contributed by atoms with van der Waals surface area (Å²) in [6, 6.07) is 6.53. The Balaban J connectivity index is 1.67. The molecular weight excluding hydrogens is 310 g/mol. The van der Waals surface area contributed by atoms with Crippen LogP contribution in [0.25, 0.3) is 0 Å². The Hall–Kier alpha value is -1.81. The van der Waals surface area contributed by atoms with Gasteiger partial charge in [-0.05, 0) is 61.4 Å². The molecule has 136 valence electrons. The molecule has 4 nitrogen and oxygen atoms in total. The molecule has 1 N–H and O–H groups in total. The minimum Gasteiger partial charge on any atom is -0.496 e. The molecule has 2 heterocycles. The number of aryl methyl sites for hydroxylation is 1. The third kappa shape index (κ3) is 4.43. The standard InChI is InChI=1S/C21H31N3O/c1-15(2)10-19-12-22-23-21(19)18-6-5-9-24(14-18)13-17-7-8-20(25-4)16(3)11-17/h7-8,11-12,15,18H,5-6,9-10,13-14H2,1-4H3,(H,22,23). The van der Waals surface area contributed by atoms with Crippen molar-refractivity contribution < 1.29 is 4.74 Å². The maximum absolute atomic E-state index is 5.38. The second-order valence-corrected chi connectivity index (χ2v) is 7.79. The first kappa shape index (κ1) is 18.0. The van der Waals surface area contributed by atoms with Crippen LogP contribution in [-0.2, 0) is 13.0 Å². The number of likely N-dealkylation sites (tertiary alicyclic amines) is 1. The van der Waals surface area contributed by atoms with Crippen molar-refractivity contribution in [1.82, 2.24) is 15.1 Å². The minimum absolute atomic E-state index is 0.573. The number of nitrogens with one attached hydrogen (secondary N) is 1. The first-order valence-electron chi connectivity index (χ1n) is 9.44. The molecule has 0 radical (unpaired) electrons. The molecule has 0 amide bonds. The largest absolute Gasteiger partial charge is 0.496 e. The lowest BCUT2D eigenvalue weighted by Crippen LogP contribution is -2.34. The first-order chi connectivity index (χ1) is 12.1. The topological polar surface area (TPSA) is 41.1 Å². The number of ether oxygens (including phenoxy) is 1. The predicted octanol–water partition coefficient (Wildman–Crippen LogP) is 4.30. The fraction of sp³-hybridized carbons (Fsp3) is 0.571. The zero-order valence-corrected chi connectivity index (χ0v) is 16.0. The van der Waals surface area contributed by atoms with Gasteiger partial charge in [0.25, 0.3) is 0 Å². The van der Waals surface area contributed by atoms with E-state index in [-0.39, 0.29) is 0 Å². The summed E-state index contributed by atoms with van der Waals surface area (Å²) in [6.45, 7) is 9.96. The van der Waals surface area contributed by atoms with Gasteiger partial charge in [-0.1, -0.05) is 26.0 Å². The molecule has 4 heteroatoms. The van der Waals surface area contributed by atoms with Gasteiger partial charge >= 0.3 is 0 Å². The van der Waals surface area contributed by atoms with Crippen LogP contribution in [0.15, 0.2) is 24.4 Å². The number of methoxy groups -OCH3 is 1. The van der Waals surface area contributed by atoms with E-state index < -0.39 is 0 Å². The van der Waals surface area contributed by atoms with E-state index in [1.54, 1.807) is 7.11 Å². The Morgan fingerprint density at radius 2 is 2.20 bits per heavy atom. The summed E-state index contributed by atoms with van der Waals surface area (Å²) in [5.74, 6) is 2.21. The molecular formula is C21H31N3O. The molecule has 1 aromatic carbocycles. The van der Waals surface area contributed by atoms with Crippen molar-refractivity contribution in [2.75, 3.05) is 20.2 Å². The zero-order valence-electron chi connectivity index (χ0n) is 16.0. The Morgan fingerprint density at radius 1 is 1.36 bits per heavy atom. The summed E-state index contributed by atoms with van der Waals surface area (Å²) < 4.78 is 5.38. The fourth-order valence-corrected chi connectivity index (χ4v) is 4.01. The number of nitrogens with zero attached hydrogens (tertiary/aromatic N) is 2. The van der Waals surface area contributed by atoms with Gasteiger partial charge in [0.2, 0.25) is 0 Å². The number of rotatable bonds is 6. The molecule has 1 unspecified atom stereocenters. The highest BCUT2D eigenvalue weighted by Crippen LogP contribution is 2.30. The number of aromatic amines is 1. The average molecular weight is 341 g/mol. The average Bonchev–Trinajstić information content (AvgIpc) is 3.03. The molecule has 0 bridgehead atoms. The summed E-state index contributed by atoms with van der Waals surface area (Å²) in [5.41, 5.74) is 5.35. The molecule has 1 saturated heterocycles. The van der Waals surface area contributed by atoms with Gasteiger partial charge in [-0.25, -0.2) is 0 Å². The van der Waals surface area contributed by atoms with Gasteiger partial charge in [-0.15, -0.1) is 0 Å². The second kappa shape index (κ2) is 8.05. The number of benzene rings is 1. The number of piperidine rings is 1. The van der Waals surface area contributed by atoms with Crippen LogP contribution in [0, 0.1) is 12.8 Å². The van der Waals surface area contributed by atoms with Crippen molar-refractivity contribution in [3.8, 4) is 5.75 Å². The molecule has 25 heavy (non-hydrogen) atoms. The van der Waals surface area contributed by atoms with E-state index in [1.165, 1.54) is 41.8 Å². The third-order valence-corrected chi connectivity index (χ3v) is 5.16. The fourth-order valence-electron chi connectivity index (χ4n) is 4.01. The van der Waals surface area contributed by atoms with Gasteiger partial charge in [0, 0.05) is 24.7 Å². The summed E-state index contributed by atoms with van der Waals surface area (Å²) in [5, 5.41) is 7.63. The monoisotopic (exact) mass is 341 g/mol. The smallest absolute Gasteiger partial charge is 0.121 e. The molecule has 0 saturated carbocycles. The lowest BCUT2D eigenvalue weighted by molar-refractivity contribution is 0.198. The van der Waals surface area contributed by atoms with E-state index in [1.807, 2.05) is 6.20 Å². The number of aromatic nitrogens is 2. The summed E-state index contributed by atoms with van der Waals surface area (Å²) in [6.07, 6.45) is 5.65. The van der Waals surface area contributed by atoms with E-state index in [0.717, 1.165) is 25.3 Å². The lowest BCUT2D eigenvalue weighted by Gasteiger charge is -2.33. The van der Waals surface area contributed by atoms with E-state index in [9.17, 15) is 0 Å². The van der Waals surface area contributed by atoms with Crippen LogP contribution >= 0.6 is 0 Å². The number of hydrogen-bond acceptors (Lipinski definition) is 3. The highest BCUT2D eigenvalue weighted by Gasteiger charge is 2.25. The maximum Gasteiger partial charge on any atom is 0.121 e. The normalized spacial score (nSPS) is 18.7. The van der Waals surface area contributed by atoms with Crippen LogP contribution in [0.4, 0.5) is 0 Å². The van der Waals surface area contributed by atoms with Crippen LogP contribution in [0.3, 0.4) is 0 Å². The van der Waals surface area contributed by atoms with Crippen LogP contribution in [0.1, 0.15) is 55.0 Å². The number of H-pyrrole nitrogens is 1. The quantitative estimate of drug-likeness (QED) is 0.851. The molecule has 1 aliphatic heterocycles. The molecule has 1 atom stereocenters. The van der Waals surface area contributed by atoms with E-state index in [4.69, 9.17) is 4.74 Å². The summed E-state index contributed by atoms with van der Waals surface area (Å²) >= 11 is 0. The van der Waals surface area contributed by atoms with Crippen molar-refractivity contribution in [3.63, 3.8) is 0 Å². The zero-order chi connectivity index (χ0) is 17.8. The second-order valence-electron chi connectivity index (χ2n) is 7.79. The van der Waals surface area contributed by atoms with Crippen molar-refractivity contribution in [2.45, 2.75) is 52.5 Å². The minimum atomic E-state index is 0.573. The Bertz CT molecular complexity index is 692. The van der Waals surface area contributed by atoms with Crippen LogP contribution < -0.4 is 4.74 Å². The Labute approximate surface area is 151 Å². The molecule has 0 aliphatic carbocycles. The maximum atomic E-state index is 5.38. The molecule has 1 aromatic heterocycles. The van der Waals surface area contributed by atoms with Crippen molar-refractivity contribution in [1.29, 1.82) is 0 Å². The lowest BCUT2D eigenvalue weighted by atomic mass is 9.90. The summed E-state index contributed by atoms with van der Waals surface area (Å²) in [4.78, 5) is 2.58. The molecule has 2 aromatic rings. The molecule has 1 aliphatic rings. The van der Waals surface area contributed by atoms with E-state index in [2.05, 4.69) is 54.1 Å². The Kier molecular flexibility index (Phi) is 5.79.